The summed E-state index contributed by atoms with van der Waals surface area (Å²) in [5.74, 6) is 1.60. The Kier molecular flexibility index (Phi) is 9.46. The zero-order chi connectivity index (χ0) is 12.4. The lowest BCUT2D eigenvalue weighted by atomic mass is 10.1. The lowest BCUT2D eigenvalue weighted by Gasteiger charge is -2.21. The van der Waals surface area contributed by atoms with Gasteiger partial charge in [-0.3, -0.25) is 0 Å². The van der Waals surface area contributed by atoms with Crippen LogP contribution >= 0.6 is 0 Å². The topological polar surface area (TPSA) is 3.24 Å². The zero-order valence-electron chi connectivity index (χ0n) is 12.0. The van der Waals surface area contributed by atoms with Gasteiger partial charge in [-0.1, -0.05) is 47.1 Å². The first-order valence-electron chi connectivity index (χ1n) is 6.97. The molecule has 0 aromatic rings. The predicted octanol–water partition coefficient (Wildman–Crippen LogP) is 4.69. The molecule has 1 nitrogen and oxygen atoms in total. The summed E-state index contributed by atoms with van der Waals surface area (Å²) in [5, 5.41) is 0. The van der Waals surface area contributed by atoms with Gasteiger partial charge in [0.15, 0.2) is 0 Å². The van der Waals surface area contributed by atoms with Gasteiger partial charge < -0.3 is 4.90 Å². The van der Waals surface area contributed by atoms with Crippen molar-refractivity contribution in [1.29, 1.82) is 0 Å². The van der Waals surface area contributed by atoms with Crippen molar-refractivity contribution >= 4 is 0 Å². The summed E-state index contributed by atoms with van der Waals surface area (Å²) in [5.41, 5.74) is 0. The smallest absolute Gasteiger partial charge is 0.0195 e. The molecule has 0 radical (unpaired) electrons. The number of unbranched alkanes of at least 4 members (excludes halogenated alkanes) is 1. The number of allylic oxidation sites excluding steroid dienone is 1. The van der Waals surface area contributed by atoms with E-state index in [0.29, 0.717) is 0 Å². The fourth-order valence-corrected chi connectivity index (χ4v) is 1.85. The molecule has 0 heterocycles. The molecule has 0 fully saturated rings. The Hall–Kier alpha value is -0.460. The Balaban J connectivity index is 3.75. The first-order valence-corrected chi connectivity index (χ1v) is 6.97. The van der Waals surface area contributed by atoms with Crippen molar-refractivity contribution in [2.24, 2.45) is 11.8 Å². The minimum Gasteiger partial charge on any atom is -0.377 e. The maximum absolute atomic E-state index is 2.46. The van der Waals surface area contributed by atoms with Gasteiger partial charge in [-0.15, -0.1) is 0 Å². The van der Waals surface area contributed by atoms with Gasteiger partial charge >= 0.3 is 0 Å². The van der Waals surface area contributed by atoms with Crippen molar-refractivity contribution in [3.63, 3.8) is 0 Å². The summed E-state index contributed by atoms with van der Waals surface area (Å²) in [6.07, 6.45) is 9.81. The van der Waals surface area contributed by atoms with Crippen LogP contribution in [0.4, 0.5) is 0 Å². The van der Waals surface area contributed by atoms with Crippen molar-refractivity contribution in [3.8, 4) is 0 Å². The minimum absolute atomic E-state index is 0.756. The molecule has 1 heteroatoms. The average molecular weight is 225 g/mol. The van der Waals surface area contributed by atoms with Crippen LogP contribution in [0, 0.1) is 11.8 Å². The van der Waals surface area contributed by atoms with Gasteiger partial charge in [-0.05, 0) is 37.3 Å². The highest BCUT2D eigenvalue weighted by Crippen LogP contribution is 2.07. The molecule has 0 aliphatic heterocycles. The first-order chi connectivity index (χ1) is 7.56. The maximum atomic E-state index is 2.46. The van der Waals surface area contributed by atoms with Crippen molar-refractivity contribution in [2.75, 3.05) is 13.1 Å². The van der Waals surface area contributed by atoms with Crippen LogP contribution in [0.1, 0.15) is 60.3 Å². The SMILES string of the molecule is CCCN(/C=C\CCCC(C)C)CC(C)C. The van der Waals surface area contributed by atoms with E-state index in [9.17, 15) is 0 Å². The summed E-state index contributed by atoms with van der Waals surface area (Å²) in [6.45, 7) is 13.8. The lowest BCUT2D eigenvalue weighted by Crippen LogP contribution is -2.22. The Bertz CT molecular complexity index is 170. The van der Waals surface area contributed by atoms with Gasteiger partial charge in [0.05, 0.1) is 0 Å². The van der Waals surface area contributed by atoms with Gasteiger partial charge in [0.1, 0.15) is 0 Å². The largest absolute Gasteiger partial charge is 0.377 e. The molecule has 0 N–H and O–H groups in total. The van der Waals surface area contributed by atoms with Gasteiger partial charge in [0.25, 0.3) is 0 Å². The summed E-state index contributed by atoms with van der Waals surface area (Å²) < 4.78 is 0. The number of hydrogen-bond donors (Lipinski definition) is 0. The first kappa shape index (κ1) is 15.5. The molecular weight excluding hydrogens is 194 g/mol. The normalized spacial score (nSPS) is 11.9. The molecule has 0 bridgehead atoms. The van der Waals surface area contributed by atoms with Gasteiger partial charge in [-0.2, -0.15) is 0 Å². The fraction of sp³-hybridized carbons (Fsp3) is 0.867. The highest BCUT2D eigenvalue weighted by Gasteiger charge is 2.00. The highest BCUT2D eigenvalue weighted by atomic mass is 15.1. The highest BCUT2D eigenvalue weighted by molar-refractivity contribution is 4.82. The zero-order valence-corrected chi connectivity index (χ0v) is 12.0. The van der Waals surface area contributed by atoms with E-state index >= 15 is 0 Å². The summed E-state index contributed by atoms with van der Waals surface area (Å²) in [4.78, 5) is 2.46. The number of hydrogen-bond acceptors (Lipinski definition) is 1. The van der Waals surface area contributed by atoms with E-state index in [0.717, 1.165) is 11.8 Å². The van der Waals surface area contributed by atoms with E-state index in [2.05, 4.69) is 51.8 Å². The van der Waals surface area contributed by atoms with Gasteiger partial charge in [0.2, 0.25) is 0 Å². The van der Waals surface area contributed by atoms with Crippen LogP contribution in [-0.4, -0.2) is 18.0 Å². The van der Waals surface area contributed by atoms with E-state index in [1.807, 2.05) is 0 Å². The van der Waals surface area contributed by atoms with E-state index in [1.54, 1.807) is 0 Å². The monoisotopic (exact) mass is 225 g/mol. The third-order valence-corrected chi connectivity index (χ3v) is 2.58. The number of rotatable bonds is 9. The van der Waals surface area contributed by atoms with Crippen LogP contribution in [-0.2, 0) is 0 Å². The molecule has 0 unspecified atom stereocenters. The van der Waals surface area contributed by atoms with Crippen LogP contribution in [0.5, 0.6) is 0 Å². The quantitative estimate of drug-likeness (QED) is 0.514. The molecule has 0 saturated heterocycles. The molecule has 0 amide bonds. The van der Waals surface area contributed by atoms with Crippen LogP contribution in [0.2, 0.25) is 0 Å². The Morgan fingerprint density at radius 1 is 1.06 bits per heavy atom. The second-order valence-electron chi connectivity index (χ2n) is 5.60. The van der Waals surface area contributed by atoms with Crippen LogP contribution in [0.25, 0.3) is 0 Å². The van der Waals surface area contributed by atoms with E-state index in [4.69, 9.17) is 0 Å². The van der Waals surface area contributed by atoms with E-state index in [1.165, 1.54) is 38.8 Å². The minimum atomic E-state index is 0.756. The average Bonchev–Trinajstić information content (AvgIpc) is 2.16. The van der Waals surface area contributed by atoms with Crippen molar-refractivity contribution < 1.29 is 0 Å². The van der Waals surface area contributed by atoms with Crippen molar-refractivity contribution in [1.82, 2.24) is 4.90 Å². The third-order valence-electron chi connectivity index (χ3n) is 2.58. The van der Waals surface area contributed by atoms with Crippen LogP contribution in [0.15, 0.2) is 12.3 Å². The Morgan fingerprint density at radius 2 is 1.75 bits per heavy atom. The van der Waals surface area contributed by atoms with Crippen LogP contribution in [0.3, 0.4) is 0 Å². The molecule has 0 aliphatic carbocycles. The van der Waals surface area contributed by atoms with Crippen molar-refractivity contribution in [3.05, 3.63) is 12.3 Å². The lowest BCUT2D eigenvalue weighted by molar-refractivity contribution is 0.329. The molecule has 0 spiro atoms. The summed E-state index contributed by atoms with van der Waals surface area (Å²) in [6, 6.07) is 0. The molecule has 0 aliphatic rings. The summed E-state index contributed by atoms with van der Waals surface area (Å²) in [7, 11) is 0. The van der Waals surface area contributed by atoms with E-state index < -0.39 is 0 Å². The Morgan fingerprint density at radius 3 is 2.25 bits per heavy atom. The summed E-state index contributed by atoms with van der Waals surface area (Å²) >= 11 is 0. The molecule has 16 heavy (non-hydrogen) atoms. The molecule has 0 aromatic carbocycles. The molecule has 0 saturated carbocycles. The molecular formula is C15H31N. The molecule has 96 valence electrons. The standard InChI is InChI=1S/C15H31N/c1-6-11-16(13-15(4)5)12-9-7-8-10-14(2)3/h9,12,14-15H,6-8,10-11,13H2,1-5H3/b12-9-. The van der Waals surface area contributed by atoms with Crippen molar-refractivity contribution in [2.45, 2.75) is 60.3 Å². The molecule has 0 aromatic heterocycles. The van der Waals surface area contributed by atoms with Gasteiger partial charge in [0, 0.05) is 13.1 Å². The maximum Gasteiger partial charge on any atom is 0.0195 e. The fourth-order valence-electron chi connectivity index (χ4n) is 1.85. The number of nitrogens with zero attached hydrogens (tertiary/aromatic N) is 1. The molecule has 0 atom stereocenters. The second-order valence-corrected chi connectivity index (χ2v) is 5.60. The van der Waals surface area contributed by atoms with E-state index in [-0.39, 0.29) is 0 Å². The van der Waals surface area contributed by atoms with Gasteiger partial charge in [-0.25, -0.2) is 0 Å². The van der Waals surface area contributed by atoms with Crippen LogP contribution < -0.4 is 0 Å². The predicted molar refractivity (Wildman–Crippen MR) is 74.5 cm³/mol. The third kappa shape index (κ3) is 10.1. The second kappa shape index (κ2) is 9.74. The Labute approximate surface area is 103 Å². The molecule has 0 rings (SSSR count).